The Morgan fingerprint density at radius 3 is 2.48 bits per heavy atom. The molecule has 0 aromatic carbocycles. The minimum atomic E-state index is -1.67. The highest BCUT2D eigenvalue weighted by Gasteiger charge is 2.57. The maximum Gasteiger partial charge on any atom is 0.328 e. The lowest BCUT2D eigenvalue weighted by Gasteiger charge is -2.54. The minimum Gasteiger partial charge on any atom is -0.478 e. The number of fused-ring (bicyclic) bond motifs is 1. The van der Waals surface area contributed by atoms with Crippen LogP contribution in [0.1, 0.15) is 47.0 Å². The van der Waals surface area contributed by atoms with Gasteiger partial charge in [0.2, 0.25) is 5.79 Å². The van der Waals surface area contributed by atoms with E-state index in [1.807, 2.05) is 45.9 Å². The van der Waals surface area contributed by atoms with Crippen molar-refractivity contribution in [1.29, 1.82) is 0 Å². The van der Waals surface area contributed by atoms with E-state index in [-0.39, 0.29) is 31.3 Å². The minimum absolute atomic E-state index is 0.0400. The van der Waals surface area contributed by atoms with Crippen LogP contribution in [0.4, 0.5) is 0 Å². The Kier molecular flexibility index (Phi) is 12.9. The van der Waals surface area contributed by atoms with Crippen molar-refractivity contribution in [2.75, 3.05) is 28.1 Å². The van der Waals surface area contributed by atoms with E-state index in [9.17, 15) is 14.7 Å². The number of rotatable bonds is 13. The van der Waals surface area contributed by atoms with E-state index in [1.165, 1.54) is 13.2 Å². The van der Waals surface area contributed by atoms with Crippen molar-refractivity contribution in [3.63, 3.8) is 0 Å². The van der Waals surface area contributed by atoms with Crippen LogP contribution in [0.3, 0.4) is 0 Å². The quantitative estimate of drug-likeness (QED) is 0.158. The number of ether oxygens (including phenoxy) is 7. The van der Waals surface area contributed by atoms with Crippen LogP contribution in [0.5, 0.6) is 0 Å². The lowest BCUT2D eigenvalue weighted by Crippen LogP contribution is -2.69. The molecule has 3 rings (SSSR count). The van der Waals surface area contributed by atoms with Crippen molar-refractivity contribution in [2.24, 2.45) is 11.3 Å². The average molecular weight is 624 g/mol. The van der Waals surface area contributed by atoms with Crippen LogP contribution in [0.15, 0.2) is 48.6 Å². The average Bonchev–Trinajstić information content (AvgIpc) is 2.98. The molecule has 0 spiro atoms. The molecule has 3 saturated heterocycles. The molecule has 12 heteroatoms. The summed E-state index contributed by atoms with van der Waals surface area (Å²) in [6, 6.07) is 0. The summed E-state index contributed by atoms with van der Waals surface area (Å²) in [6.07, 6.45) is 5.69. The van der Waals surface area contributed by atoms with Gasteiger partial charge in [-0.3, -0.25) is 4.79 Å². The fraction of sp³-hybridized carbons (Fsp3) is 0.688. The summed E-state index contributed by atoms with van der Waals surface area (Å²) in [5, 5.41) is 22.6. The second kappa shape index (κ2) is 15.7. The number of hydrogen-bond donors (Lipinski definition) is 3. The fourth-order valence-electron chi connectivity index (χ4n) is 6.00. The number of carbonyl (C=O) groups excluding carboxylic acids is 1. The number of carboxylic acids is 1. The van der Waals surface area contributed by atoms with Crippen molar-refractivity contribution in [1.82, 2.24) is 5.32 Å². The number of nitrogens with one attached hydrogen (secondary N) is 1. The second-order valence-electron chi connectivity index (χ2n) is 12.1. The zero-order valence-corrected chi connectivity index (χ0v) is 26.8. The van der Waals surface area contributed by atoms with Gasteiger partial charge in [0.1, 0.15) is 19.0 Å². The van der Waals surface area contributed by atoms with Crippen molar-refractivity contribution < 1.29 is 53.0 Å². The smallest absolute Gasteiger partial charge is 0.328 e. The number of aliphatic hydroxyl groups excluding tert-OH is 1. The Hall–Kier alpha value is -2.42. The normalized spacial score (nSPS) is 35.5. The third-order valence-corrected chi connectivity index (χ3v) is 8.93. The van der Waals surface area contributed by atoms with Gasteiger partial charge in [0.15, 0.2) is 12.3 Å². The van der Waals surface area contributed by atoms with E-state index in [0.29, 0.717) is 12.8 Å². The summed E-state index contributed by atoms with van der Waals surface area (Å²) in [5.74, 6) is -3.30. The molecule has 1 amide bonds. The molecule has 12 nitrogen and oxygen atoms in total. The number of allylic oxidation sites excluding steroid dienone is 4. The third kappa shape index (κ3) is 8.24. The second-order valence-corrected chi connectivity index (χ2v) is 12.1. The Balaban J connectivity index is 1.74. The molecule has 0 aromatic heterocycles. The molecule has 0 bridgehead atoms. The van der Waals surface area contributed by atoms with E-state index in [1.54, 1.807) is 20.3 Å². The number of carboxylic acid groups (broad SMARTS) is 1. The van der Waals surface area contributed by atoms with Crippen LogP contribution < -0.4 is 5.32 Å². The zero-order chi connectivity index (χ0) is 32.7. The highest BCUT2D eigenvalue weighted by Crippen LogP contribution is 2.44. The van der Waals surface area contributed by atoms with Crippen LogP contribution in [-0.2, 0) is 42.7 Å². The first kappa shape index (κ1) is 36.1. The first-order valence-corrected chi connectivity index (χ1v) is 14.9. The summed E-state index contributed by atoms with van der Waals surface area (Å²) in [6.45, 7) is 11.9. The molecule has 0 radical (unpaired) electrons. The predicted octanol–water partition coefficient (Wildman–Crippen LogP) is 2.86. The van der Waals surface area contributed by atoms with E-state index < -0.39 is 59.8 Å². The summed E-state index contributed by atoms with van der Waals surface area (Å²) >= 11 is 0. The molecule has 44 heavy (non-hydrogen) atoms. The van der Waals surface area contributed by atoms with Gasteiger partial charge in [-0.25, -0.2) is 4.79 Å². The van der Waals surface area contributed by atoms with E-state index in [4.69, 9.17) is 38.3 Å². The first-order chi connectivity index (χ1) is 20.8. The Labute approximate surface area is 260 Å². The van der Waals surface area contributed by atoms with Gasteiger partial charge in [-0.2, -0.15) is 0 Å². The van der Waals surface area contributed by atoms with Crippen molar-refractivity contribution >= 4 is 11.9 Å². The summed E-state index contributed by atoms with van der Waals surface area (Å²) in [7, 11) is 4.61. The lowest BCUT2D eigenvalue weighted by atomic mass is 9.72. The SMILES string of the molecule is C=C1C[C@](OC)([C@H](O)C(=O)N[C@H]2OCO[C@H]3[C@H]2O[C@H](C[C@@H](/C=C/C/C=C/C=C/C(=O)O)OC)C(C)(C)[C@@H]3OC)O[C@H](C)[C@@H]1C. The number of carbonyl (C=O) groups is 2. The summed E-state index contributed by atoms with van der Waals surface area (Å²) < 4.78 is 41.6. The lowest BCUT2D eigenvalue weighted by molar-refractivity contribution is -0.332. The maximum absolute atomic E-state index is 13.4. The standard InChI is InChI=1S/C32H49NO11/c1-19-17-32(40-8,44-21(3)20(19)2)27(36)29(37)33-30-26-25(41-18-42-30)28(39-7)31(4,5)23(43-26)16-22(38-6)14-12-10-9-11-13-15-24(34)35/h9,11-15,20-23,25-28,30,36H,1,10,16-18H2,2-8H3,(H,33,37)(H,34,35)/b11-9+,14-12+,15-13+/t20-,21-,22-,23-,25+,26-,27-,28-,30+,32-/m1/s1. The Bertz CT molecular complexity index is 1090. The van der Waals surface area contributed by atoms with Crippen molar-refractivity contribution in [3.05, 3.63) is 48.6 Å². The molecule has 3 aliphatic heterocycles. The maximum atomic E-state index is 13.4. The Morgan fingerprint density at radius 1 is 1.14 bits per heavy atom. The molecular formula is C32H49NO11. The molecular weight excluding hydrogens is 574 g/mol. The van der Waals surface area contributed by atoms with E-state index >= 15 is 0 Å². The number of amides is 1. The van der Waals surface area contributed by atoms with Crippen LogP contribution in [0.2, 0.25) is 0 Å². The molecule has 3 aliphatic rings. The van der Waals surface area contributed by atoms with Crippen LogP contribution in [0, 0.1) is 11.3 Å². The van der Waals surface area contributed by atoms with Crippen molar-refractivity contribution in [2.45, 2.75) is 102 Å². The van der Waals surface area contributed by atoms with E-state index in [0.717, 1.165) is 11.6 Å². The molecule has 0 aromatic rings. The molecule has 3 N–H and O–H groups in total. The van der Waals surface area contributed by atoms with Crippen LogP contribution >= 0.6 is 0 Å². The van der Waals surface area contributed by atoms with Gasteiger partial charge in [0.25, 0.3) is 5.91 Å². The predicted molar refractivity (Wildman–Crippen MR) is 160 cm³/mol. The molecule has 0 saturated carbocycles. The Morgan fingerprint density at radius 2 is 1.86 bits per heavy atom. The number of aliphatic hydroxyl groups is 1. The van der Waals surface area contributed by atoms with Gasteiger partial charge in [-0.15, -0.1) is 0 Å². The topological polar surface area (TPSA) is 151 Å². The van der Waals surface area contributed by atoms with Gasteiger partial charge in [0, 0.05) is 51.6 Å². The van der Waals surface area contributed by atoms with Crippen molar-refractivity contribution in [3.8, 4) is 0 Å². The molecule has 0 unspecified atom stereocenters. The highest BCUT2D eigenvalue weighted by atomic mass is 16.7. The van der Waals surface area contributed by atoms with Crippen LogP contribution in [-0.4, -0.2) is 105 Å². The third-order valence-electron chi connectivity index (χ3n) is 8.93. The molecule has 10 atom stereocenters. The summed E-state index contributed by atoms with van der Waals surface area (Å²) in [5.41, 5.74) is 0.299. The van der Waals surface area contributed by atoms with Gasteiger partial charge < -0.3 is 48.7 Å². The molecule has 0 aliphatic carbocycles. The molecule has 3 heterocycles. The van der Waals surface area contributed by atoms with Gasteiger partial charge >= 0.3 is 5.97 Å². The molecule has 248 valence electrons. The molecule has 3 fully saturated rings. The number of methoxy groups -OCH3 is 3. The summed E-state index contributed by atoms with van der Waals surface area (Å²) in [4.78, 5) is 24.0. The highest BCUT2D eigenvalue weighted by molar-refractivity contribution is 5.82. The first-order valence-electron chi connectivity index (χ1n) is 14.9. The monoisotopic (exact) mass is 623 g/mol. The largest absolute Gasteiger partial charge is 0.478 e. The number of aliphatic carboxylic acids is 1. The fourth-order valence-corrected chi connectivity index (χ4v) is 6.00. The van der Waals surface area contributed by atoms with Gasteiger partial charge in [-0.05, 0) is 13.3 Å². The van der Waals surface area contributed by atoms with Crippen LogP contribution in [0.25, 0.3) is 0 Å². The number of hydrogen-bond acceptors (Lipinski definition) is 10. The van der Waals surface area contributed by atoms with Gasteiger partial charge in [-0.1, -0.05) is 63.3 Å². The van der Waals surface area contributed by atoms with E-state index in [2.05, 4.69) is 11.9 Å². The van der Waals surface area contributed by atoms with Gasteiger partial charge in [0.05, 0.1) is 24.4 Å². The zero-order valence-electron chi connectivity index (χ0n) is 26.8.